The van der Waals surface area contributed by atoms with Crippen LogP contribution in [-0.4, -0.2) is 28.8 Å². The summed E-state index contributed by atoms with van der Waals surface area (Å²) in [6.07, 6.45) is 15.6. The summed E-state index contributed by atoms with van der Waals surface area (Å²) in [7, 11) is 0. The molecule has 23 heavy (non-hydrogen) atoms. The number of esters is 1. The number of aldehydes is 1. The first-order chi connectivity index (χ1) is 11.3. The standard InChI is InChI=1S/C18H28N2O3/c1-2-3-4-5-6-7-8-9-10-11-14-23-18(22)17-16(15-21)19-12-13-20-17/h12-13,15H,2-11,14H2,1H3. The van der Waals surface area contributed by atoms with E-state index in [0.29, 0.717) is 12.9 Å². The van der Waals surface area contributed by atoms with E-state index in [1.807, 2.05) is 0 Å². The van der Waals surface area contributed by atoms with Gasteiger partial charge in [0.1, 0.15) is 5.69 Å². The third-order valence-corrected chi connectivity index (χ3v) is 3.76. The third-order valence-electron chi connectivity index (χ3n) is 3.76. The minimum absolute atomic E-state index is 0.00502. The van der Waals surface area contributed by atoms with Crippen LogP contribution in [0.5, 0.6) is 0 Å². The van der Waals surface area contributed by atoms with Gasteiger partial charge >= 0.3 is 5.97 Å². The van der Waals surface area contributed by atoms with Crippen LogP contribution in [0.2, 0.25) is 0 Å². The molecule has 0 aliphatic heterocycles. The zero-order chi connectivity index (χ0) is 16.8. The Bertz CT molecular complexity index is 463. The lowest BCUT2D eigenvalue weighted by Gasteiger charge is -2.05. The Hall–Kier alpha value is -1.78. The summed E-state index contributed by atoms with van der Waals surface area (Å²) >= 11 is 0. The predicted octanol–water partition coefficient (Wildman–Crippen LogP) is 4.37. The number of hydrogen-bond donors (Lipinski definition) is 0. The number of nitrogens with zero attached hydrogens (tertiary/aromatic N) is 2. The molecule has 0 amide bonds. The first kappa shape index (κ1) is 19.3. The highest BCUT2D eigenvalue weighted by molar-refractivity contribution is 5.94. The zero-order valence-electron chi connectivity index (χ0n) is 14.1. The van der Waals surface area contributed by atoms with Gasteiger partial charge in [-0.25, -0.2) is 14.8 Å². The van der Waals surface area contributed by atoms with Crippen molar-refractivity contribution in [3.05, 3.63) is 23.8 Å². The van der Waals surface area contributed by atoms with E-state index < -0.39 is 5.97 Å². The highest BCUT2D eigenvalue weighted by atomic mass is 16.5. The van der Waals surface area contributed by atoms with Crippen molar-refractivity contribution in [3.8, 4) is 0 Å². The molecule has 0 aliphatic rings. The van der Waals surface area contributed by atoms with Gasteiger partial charge in [0.2, 0.25) is 0 Å². The molecule has 0 N–H and O–H groups in total. The molecule has 0 saturated heterocycles. The van der Waals surface area contributed by atoms with Crippen molar-refractivity contribution < 1.29 is 14.3 Å². The lowest BCUT2D eigenvalue weighted by Crippen LogP contribution is -2.12. The van der Waals surface area contributed by atoms with Gasteiger partial charge < -0.3 is 4.74 Å². The van der Waals surface area contributed by atoms with Crippen LogP contribution in [-0.2, 0) is 4.74 Å². The first-order valence-corrected chi connectivity index (χ1v) is 8.73. The van der Waals surface area contributed by atoms with Crippen LogP contribution in [0, 0.1) is 0 Å². The second-order valence-corrected chi connectivity index (χ2v) is 5.73. The van der Waals surface area contributed by atoms with Gasteiger partial charge in [-0.3, -0.25) is 4.79 Å². The van der Waals surface area contributed by atoms with Crippen molar-refractivity contribution in [2.45, 2.75) is 71.1 Å². The molecular formula is C18H28N2O3. The van der Waals surface area contributed by atoms with Gasteiger partial charge in [-0.2, -0.15) is 0 Å². The van der Waals surface area contributed by atoms with E-state index >= 15 is 0 Å². The van der Waals surface area contributed by atoms with E-state index in [0.717, 1.165) is 12.8 Å². The summed E-state index contributed by atoms with van der Waals surface area (Å²) < 4.78 is 5.14. The largest absolute Gasteiger partial charge is 0.461 e. The number of aromatic nitrogens is 2. The molecule has 0 unspecified atom stereocenters. The van der Waals surface area contributed by atoms with Gasteiger partial charge in [-0.15, -0.1) is 0 Å². The topological polar surface area (TPSA) is 69.2 Å². The van der Waals surface area contributed by atoms with Gasteiger partial charge in [0, 0.05) is 12.4 Å². The molecule has 5 heteroatoms. The third kappa shape index (κ3) is 8.43. The smallest absolute Gasteiger partial charge is 0.359 e. The van der Waals surface area contributed by atoms with E-state index in [-0.39, 0.29) is 11.4 Å². The molecular weight excluding hydrogens is 292 g/mol. The monoisotopic (exact) mass is 320 g/mol. The maximum atomic E-state index is 11.8. The van der Waals surface area contributed by atoms with E-state index in [9.17, 15) is 9.59 Å². The van der Waals surface area contributed by atoms with Crippen molar-refractivity contribution in [2.75, 3.05) is 6.61 Å². The maximum Gasteiger partial charge on any atom is 0.359 e. The summed E-state index contributed by atoms with van der Waals surface area (Å²) in [5, 5.41) is 0. The summed E-state index contributed by atoms with van der Waals surface area (Å²) in [5.41, 5.74) is 0.0233. The molecule has 0 spiro atoms. The second-order valence-electron chi connectivity index (χ2n) is 5.73. The van der Waals surface area contributed by atoms with Crippen LogP contribution in [0.25, 0.3) is 0 Å². The van der Waals surface area contributed by atoms with Crippen LogP contribution < -0.4 is 0 Å². The van der Waals surface area contributed by atoms with Gasteiger partial charge in [0.15, 0.2) is 12.0 Å². The number of ether oxygens (including phenoxy) is 1. The Labute approximate surface area is 138 Å². The van der Waals surface area contributed by atoms with E-state index in [4.69, 9.17) is 4.74 Å². The Balaban J connectivity index is 2.02. The molecule has 0 atom stereocenters. The highest BCUT2D eigenvalue weighted by Crippen LogP contribution is 2.10. The van der Waals surface area contributed by atoms with Crippen LogP contribution >= 0.6 is 0 Å². The number of unbranched alkanes of at least 4 members (excludes halogenated alkanes) is 9. The molecule has 1 heterocycles. The lowest BCUT2D eigenvalue weighted by molar-refractivity contribution is 0.0488. The van der Waals surface area contributed by atoms with Gasteiger partial charge in [0.05, 0.1) is 6.61 Å². The molecule has 0 saturated carbocycles. The Morgan fingerprint density at radius 1 is 0.957 bits per heavy atom. The molecule has 128 valence electrons. The quantitative estimate of drug-likeness (QED) is 0.307. The van der Waals surface area contributed by atoms with Crippen molar-refractivity contribution in [1.82, 2.24) is 9.97 Å². The number of hydrogen-bond acceptors (Lipinski definition) is 5. The minimum atomic E-state index is -0.573. The first-order valence-electron chi connectivity index (χ1n) is 8.73. The molecule has 0 fully saturated rings. The maximum absolute atomic E-state index is 11.8. The van der Waals surface area contributed by atoms with E-state index in [2.05, 4.69) is 16.9 Å². The summed E-state index contributed by atoms with van der Waals surface area (Å²) in [6.45, 7) is 2.60. The fourth-order valence-electron chi connectivity index (χ4n) is 2.42. The number of rotatable bonds is 13. The lowest BCUT2D eigenvalue weighted by atomic mass is 10.1. The number of carbonyl (C=O) groups is 2. The Kier molecular flexibility index (Phi) is 10.7. The zero-order valence-corrected chi connectivity index (χ0v) is 14.1. The Morgan fingerprint density at radius 2 is 1.52 bits per heavy atom. The van der Waals surface area contributed by atoms with Crippen LogP contribution in [0.1, 0.15) is 92.1 Å². The van der Waals surface area contributed by atoms with E-state index in [1.54, 1.807) is 0 Å². The van der Waals surface area contributed by atoms with Gasteiger partial charge in [-0.1, -0.05) is 64.7 Å². The molecule has 1 aromatic heterocycles. The molecule has 5 nitrogen and oxygen atoms in total. The van der Waals surface area contributed by atoms with Crippen LogP contribution in [0.3, 0.4) is 0 Å². The van der Waals surface area contributed by atoms with Crippen molar-refractivity contribution in [1.29, 1.82) is 0 Å². The number of carbonyl (C=O) groups excluding carboxylic acids is 2. The average molecular weight is 320 g/mol. The van der Waals surface area contributed by atoms with E-state index in [1.165, 1.54) is 63.8 Å². The fraction of sp³-hybridized carbons (Fsp3) is 0.667. The summed E-state index contributed by atoms with van der Waals surface area (Å²) in [6, 6.07) is 0. The molecule has 1 aromatic rings. The highest BCUT2D eigenvalue weighted by Gasteiger charge is 2.14. The second kappa shape index (κ2) is 12.7. The van der Waals surface area contributed by atoms with Crippen molar-refractivity contribution in [2.24, 2.45) is 0 Å². The summed E-state index contributed by atoms with van der Waals surface area (Å²) in [5.74, 6) is -0.573. The summed E-state index contributed by atoms with van der Waals surface area (Å²) in [4.78, 5) is 30.2. The van der Waals surface area contributed by atoms with Crippen LogP contribution in [0.4, 0.5) is 0 Å². The van der Waals surface area contributed by atoms with Crippen molar-refractivity contribution in [3.63, 3.8) is 0 Å². The van der Waals surface area contributed by atoms with Crippen LogP contribution in [0.15, 0.2) is 12.4 Å². The average Bonchev–Trinajstić information content (AvgIpc) is 2.59. The SMILES string of the molecule is CCCCCCCCCCCCOC(=O)c1nccnc1C=O. The molecule has 0 aliphatic carbocycles. The molecule has 0 aromatic carbocycles. The Morgan fingerprint density at radius 3 is 2.13 bits per heavy atom. The van der Waals surface area contributed by atoms with Gasteiger partial charge in [-0.05, 0) is 6.42 Å². The molecule has 1 rings (SSSR count). The molecule has 0 radical (unpaired) electrons. The minimum Gasteiger partial charge on any atom is -0.461 e. The normalized spacial score (nSPS) is 10.5. The van der Waals surface area contributed by atoms with Crippen molar-refractivity contribution >= 4 is 12.3 Å². The van der Waals surface area contributed by atoms with Gasteiger partial charge in [0.25, 0.3) is 0 Å². The predicted molar refractivity (Wildman–Crippen MR) is 89.5 cm³/mol. The molecule has 0 bridgehead atoms. The fourth-order valence-corrected chi connectivity index (χ4v) is 2.42.